The number of benzene rings is 6. The van der Waals surface area contributed by atoms with Crippen LogP contribution in [0.15, 0.2) is 146 Å². The second kappa shape index (κ2) is 22.0. The molecular formula is C72H94N2O4. The van der Waals surface area contributed by atoms with Crippen molar-refractivity contribution in [3.8, 4) is 0 Å². The van der Waals surface area contributed by atoms with Crippen molar-refractivity contribution in [1.29, 1.82) is 0 Å². The Labute approximate surface area is 470 Å². The van der Waals surface area contributed by atoms with Crippen molar-refractivity contribution in [2.45, 2.75) is 219 Å². The van der Waals surface area contributed by atoms with E-state index < -0.39 is 34.7 Å². The molecule has 78 heavy (non-hydrogen) atoms. The summed E-state index contributed by atoms with van der Waals surface area (Å²) in [5.41, 5.74) is 9.96. The molecule has 0 aliphatic heterocycles. The van der Waals surface area contributed by atoms with Crippen molar-refractivity contribution in [3.63, 3.8) is 0 Å². The van der Waals surface area contributed by atoms with Crippen LogP contribution in [0, 0.1) is 0 Å². The number of nitrogens with zero attached hydrogens (tertiary/aromatic N) is 2. The van der Waals surface area contributed by atoms with Crippen LogP contribution in [0.3, 0.4) is 0 Å². The topological polar surface area (TPSA) is 81.1 Å². The number of hydrogen-bond acceptors (Lipinski definition) is 4. The van der Waals surface area contributed by atoms with Crippen LogP contribution in [0.4, 0.5) is 0 Å². The highest BCUT2D eigenvalue weighted by molar-refractivity contribution is 5.81. The molecule has 6 nitrogen and oxygen atoms in total. The second-order valence-electron chi connectivity index (χ2n) is 29.0. The number of carbonyl (C=O) groups excluding carboxylic acids is 2. The van der Waals surface area contributed by atoms with Crippen molar-refractivity contribution in [1.82, 2.24) is 10.1 Å². The maximum Gasteiger partial charge on any atom is 0.247 e. The molecule has 6 heteroatoms. The van der Waals surface area contributed by atoms with E-state index in [0.29, 0.717) is 12.8 Å². The van der Waals surface area contributed by atoms with E-state index in [9.17, 15) is 10.4 Å². The summed E-state index contributed by atoms with van der Waals surface area (Å²) in [6.45, 7) is 39.6. The SMILES string of the molecule is CC(C)(C)c1ccc(C(CC(=O)N(O)[C@@H]2CCCC[C@H]2N(O)C(=O)CC(c2ccc(C(C)(C)C)cc2)(c2ccc(C(C)(C)C)cc2)c2ccc(C(C)(C)C)cc2)(c2ccc(C(C)(C)C)cc2)c2ccc(C(C)(C)C)cc2)cc1. The van der Waals surface area contributed by atoms with Crippen molar-refractivity contribution in [2.24, 2.45) is 0 Å². The largest absolute Gasteiger partial charge is 0.286 e. The Kier molecular flexibility index (Phi) is 16.9. The van der Waals surface area contributed by atoms with Gasteiger partial charge in [-0.3, -0.25) is 20.0 Å². The molecule has 0 radical (unpaired) electrons. The molecule has 2 amide bonds. The Morgan fingerprint density at radius 1 is 0.308 bits per heavy atom. The molecule has 6 aromatic rings. The Balaban J connectivity index is 1.34. The third-order valence-corrected chi connectivity index (χ3v) is 17.1. The highest BCUT2D eigenvalue weighted by Crippen LogP contribution is 2.47. The zero-order valence-electron chi connectivity index (χ0n) is 50.9. The lowest BCUT2D eigenvalue weighted by Gasteiger charge is -2.43. The van der Waals surface area contributed by atoms with Crippen LogP contribution in [0.25, 0.3) is 0 Å². The van der Waals surface area contributed by atoms with Gasteiger partial charge in [-0.1, -0.05) is 283 Å². The molecule has 2 atom stereocenters. The Morgan fingerprint density at radius 3 is 0.590 bits per heavy atom. The maximum absolute atomic E-state index is 15.6. The first kappa shape index (κ1) is 59.8. The van der Waals surface area contributed by atoms with Crippen LogP contribution in [0.5, 0.6) is 0 Å². The van der Waals surface area contributed by atoms with Gasteiger partial charge in [0.25, 0.3) is 0 Å². The van der Waals surface area contributed by atoms with E-state index in [2.05, 4.69) is 270 Å². The maximum atomic E-state index is 15.6. The predicted octanol–water partition coefficient (Wildman–Crippen LogP) is 17.4. The van der Waals surface area contributed by atoms with Crippen LogP contribution in [-0.4, -0.2) is 44.4 Å². The summed E-state index contributed by atoms with van der Waals surface area (Å²) < 4.78 is 0. The summed E-state index contributed by atoms with van der Waals surface area (Å²) in [6, 6.07) is 50.1. The average molecular weight is 1050 g/mol. The number of carbonyl (C=O) groups is 2. The third-order valence-electron chi connectivity index (χ3n) is 17.1. The van der Waals surface area contributed by atoms with Gasteiger partial charge in [0, 0.05) is 12.8 Å². The zero-order chi connectivity index (χ0) is 57.6. The second-order valence-corrected chi connectivity index (χ2v) is 29.0. The monoisotopic (exact) mass is 1050 g/mol. The molecule has 2 N–H and O–H groups in total. The molecule has 0 spiro atoms. The van der Waals surface area contributed by atoms with Gasteiger partial charge in [0.1, 0.15) is 0 Å². The van der Waals surface area contributed by atoms with E-state index in [1.54, 1.807) is 0 Å². The highest BCUT2D eigenvalue weighted by atomic mass is 16.5. The van der Waals surface area contributed by atoms with Gasteiger partial charge in [0.15, 0.2) is 0 Å². The van der Waals surface area contributed by atoms with Crippen LogP contribution < -0.4 is 0 Å². The van der Waals surface area contributed by atoms with Crippen LogP contribution >= 0.6 is 0 Å². The van der Waals surface area contributed by atoms with Gasteiger partial charge in [-0.25, -0.2) is 10.1 Å². The van der Waals surface area contributed by atoms with Gasteiger partial charge in [-0.2, -0.15) is 0 Å². The molecule has 1 aliphatic rings. The average Bonchev–Trinajstić information content (AvgIpc) is 3.45. The summed E-state index contributed by atoms with van der Waals surface area (Å²) >= 11 is 0. The first-order valence-corrected chi connectivity index (χ1v) is 28.8. The summed E-state index contributed by atoms with van der Waals surface area (Å²) in [4.78, 5) is 31.1. The van der Waals surface area contributed by atoms with E-state index in [4.69, 9.17) is 0 Å². The Morgan fingerprint density at radius 2 is 0.449 bits per heavy atom. The minimum Gasteiger partial charge on any atom is -0.286 e. The molecule has 416 valence electrons. The normalized spacial score (nSPS) is 16.2. The van der Waals surface area contributed by atoms with E-state index >= 15 is 9.59 Å². The molecule has 7 rings (SSSR count). The van der Waals surface area contributed by atoms with Gasteiger partial charge in [0.2, 0.25) is 11.8 Å². The van der Waals surface area contributed by atoms with Crippen LogP contribution in [0.1, 0.15) is 230 Å². The van der Waals surface area contributed by atoms with E-state index in [1.807, 2.05) is 0 Å². The fraction of sp³-hybridized carbons (Fsp3) is 0.472. The lowest BCUT2D eigenvalue weighted by Crippen LogP contribution is -2.56. The fourth-order valence-corrected chi connectivity index (χ4v) is 11.8. The smallest absolute Gasteiger partial charge is 0.247 e. The number of hydrogen-bond donors (Lipinski definition) is 2. The number of hydroxylamine groups is 4. The van der Waals surface area contributed by atoms with Crippen molar-refractivity contribution in [3.05, 3.63) is 212 Å². The van der Waals surface area contributed by atoms with Gasteiger partial charge >= 0.3 is 0 Å². The molecule has 0 aromatic heterocycles. The first-order valence-electron chi connectivity index (χ1n) is 28.8. The lowest BCUT2D eigenvalue weighted by atomic mass is 9.65. The van der Waals surface area contributed by atoms with Gasteiger partial charge in [-0.05, 0) is 112 Å². The molecule has 1 fully saturated rings. The molecule has 1 aliphatic carbocycles. The summed E-state index contributed by atoms with van der Waals surface area (Å²) in [6.07, 6.45) is 2.06. The van der Waals surface area contributed by atoms with Gasteiger partial charge in [0.05, 0.1) is 22.9 Å². The quantitative estimate of drug-likeness (QED) is 0.0727. The lowest BCUT2D eigenvalue weighted by molar-refractivity contribution is -0.214. The summed E-state index contributed by atoms with van der Waals surface area (Å²) in [5, 5.41) is 27.1. The van der Waals surface area contributed by atoms with E-state index in [0.717, 1.165) is 56.3 Å². The molecule has 0 saturated heterocycles. The first-order chi connectivity index (χ1) is 36.1. The summed E-state index contributed by atoms with van der Waals surface area (Å²) in [5.74, 6) is -0.975. The van der Waals surface area contributed by atoms with Crippen molar-refractivity contribution in [2.75, 3.05) is 0 Å². The minimum atomic E-state index is -1.03. The number of amides is 2. The van der Waals surface area contributed by atoms with E-state index in [1.165, 1.54) is 33.4 Å². The van der Waals surface area contributed by atoms with Gasteiger partial charge in [-0.15, -0.1) is 0 Å². The summed E-state index contributed by atoms with van der Waals surface area (Å²) in [7, 11) is 0. The van der Waals surface area contributed by atoms with Crippen LogP contribution in [0.2, 0.25) is 0 Å². The Bertz CT molecular complexity index is 2490. The highest BCUT2D eigenvalue weighted by Gasteiger charge is 2.46. The molecule has 0 bridgehead atoms. The van der Waals surface area contributed by atoms with E-state index in [-0.39, 0.29) is 45.3 Å². The minimum absolute atomic E-state index is 0.102. The third kappa shape index (κ3) is 12.6. The Hall–Kier alpha value is -5.82. The number of rotatable bonds is 12. The predicted molar refractivity (Wildman–Crippen MR) is 323 cm³/mol. The molecular weight excluding hydrogens is 957 g/mol. The standard InChI is InChI=1S/C72H94N2O4/c1-65(2,3)49-23-35-55(36-24-49)71(56-37-25-50(26-38-56)66(4,5)6,57-39-27-51(28-40-57)67(7,8)9)47-63(75)73(77)61-21-19-20-22-62(61)74(78)64(76)48-72(58-41-29-52(30-42-58)68(10,11)12,59-43-31-53(32-44-59)69(13,14)15)60-45-33-54(34-46-60)70(16,17)18/h23-46,61-62,77-78H,19-22,47-48H2,1-18H3/t61-,62-/m1/s1. The van der Waals surface area contributed by atoms with Gasteiger partial charge < -0.3 is 0 Å². The molecule has 6 aromatic carbocycles. The molecule has 0 heterocycles. The molecule has 1 saturated carbocycles. The fourth-order valence-electron chi connectivity index (χ4n) is 11.8. The van der Waals surface area contributed by atoms with Crippen molar-refractivity contribution >= 4 is 11.8 Å². The van der Waals surface area contributed by atoms with Crippen molar-refractivity contribution < 1.29 is 20.0 Å². The molecule has 0 unspecified atom stereocenters. The zero-order valence-corrected chi connectivity index (χ0v) is 50.9. The van der Waals surface area contributed by atoms with Crippen LogP contribution in [-0.2, 0) is 52.9 Å².